The Morgan fingerprint density at radius 3 is 3.00 bits per heavy atom. The van der Waals surface area contributed by atoms with Gasteiger partial charge in [0.1, 0.15) is 0 Å². The van der Waals surface area contributed by atoms with E-state index in [0.29, 0.717) is 11.5 Å². The Hall–Kier alpha value is -1.10. The summed E-state index contributed by atoms with van der Waals surface area (Å²) in [4.78, 5) is 14.2. The zero-order valence-corrected chi connectivity index (χ0v) is 13.2. The maximum atomic E-state index is 13.7. The molecular weight excluding hydrogens is 325 g/mol. The lowest BCUT2D eigenvalue weighted by atomic mass is 9.95. The monoisotopic (exact) mass is 343 g/mol. The Labute approximate surface area is 127 Å². The van der Waals surface area contributed by atoms with Gasteiger partial charge in [0, 0.05) is 24.0 Å². The van der Waals surface area contributed by atoms with Crippen molar-refractivity contribution < 1.29 is 13.9 Å². The molecule has 3 nitrogen and oxygen atoms in total. The zero-order chi connectivity index (χ0) is 14.5. The zero-order valence-electron chi connectivity index (χ0n) is 11.6. The van der Waals surface area contributed by atoms with E-state index in [0.717, 1.165) is 37.7 Å². The van der Waals surface area contributed by atoms with E-state index >= 15 is 0 Å². The van der Waals surface area contributed by atoms with Crippen LogP contribution < -0.4 is 4.74 Å². The molecule has 0 N–H and O–H groups in total. The van der Waals surface area contributed by atoms with Crippen LogP contribution in [0.5, 0.6) is 5.75 Å². The van der Waals surface area contributed by atoms with Crippen LogP contribution in [0.1, 0.15) is 29.6 Å². The van der Waals surface area contributed by atoms with Crippen molar-refractivity contribution in [3.05, 3.63) is 29.6 Å². The third-order valence-corrected chi connectivity index (χ3v) is 4.18. The summed E-state index contributed by atoms with van der Waals surface area (Å²) in [6.07, 6.45) is 3.25. The maximum absolute atomic E-state index is 13.7. The van der Waals surface area contributed by atoms with E-state index in [1.54, 1.807) is 6.07 Å². The summed E-state index contributed by atoms with van der Waals surface area (Å²) in [6, 6.07) is 4.39. The van der Waals surface area contributed by atoms with Gasteiger partial charge in [-0.1, -0.05) is 15.9 Å². The van der Waals surface area contributed by atoms with Crippen LogP contribution in [0.15, 0.2) is 18.2 Å². The molecular formula is C15H19BrFNO2. The van der Waals surface area contributed by atoms with Crippen molar-refractivity contribution in [3.8, 4) is 5.75 Å². The minimum absolute atomic E-state index is 0.0918. The van der Waals surface area contributed by atoms with Crippen molar-refractivity contribution in [3.63, 3.8) is 0 Å². The number of benzene rings is 1. The van der Waals surface area contributed by atoms with Crippen LogP contribution in [0, 0.1) is 11.7 Å². The van der Waals surface area contributed by atoms with Gasteiger partial charge in [-0.25, -0.2) is 4.39 Å². The molecule has 1 aliphatic heterocycles. The van der Waals surface area contributed by atoms with Crippen molar-refractivity contribution in [2.45, 2.75) is 19.3 Å². The minimum Gasteiger partial charge on any atom is -0.494 e. The first-order chi connectivity index (χ1) is 9.65. The number of hydrogen-bond acceptors (Lipinski definition) is 2. The molecule has 0 radical (unpaired) electrons. The molecule has 0 spiro atoms. The van der Waals surface area contributed by atoms with E-state index in [4.69, 9.17) is 4.74 Å². The van der Waals surface area contributed by atoms with Gasteiger partial charge in [-0.3, -0.25) is 4.79 Å². The van der Waals surface area contributed by atoms with Crippen molar-refractivity contribution >= 4 is 21.8 Å². The molecule has 5 heteroatoms. The van der Waals surface area contributed by atoms with E-state index in [1.807, 2.05) is 4.90 Å². The van der Waals surface area contributed by atoms with Gasteiger partial charge in [0.05, 0.1) is 7.11 Å². The van der Waals surface area contributed by atoms with Gasteiger partial charge in [0.2, 0.25) is 0 Å². The molecule has 1 aromatic carbocycles. The maximum Gasteiger partial charge on any atom is 0.253 e. The molecule has 0 aliphatic carbocycles. The number of carbonyl (C=O) groups excluding carboxylic acids is 1. The summed E-state index contributed by atoms with van der Waals surface area (Å²) in [5.74, 6) is 0.116. The third kappa shape index (κ3) is 3.51. The van der Waals surface area contributed by atoms with Gasteiger partial charge in [0.15, 0.2) is 11.6 Å². The quantitative estimate of drug-likeness (QED) is 0.783. The molecule has 0 bridgehead atoms. The Kier molecular flexibility index (Phi) is 5.40. The summed E-state index contributed by atoms with van der Waals surface area (Å²) in [6.45, 7) is 1.52. The summed E-state index contributed by atoms with van der Waals surface area (Å²) >= 11 is 3.45. The number of halogens is 2. The Morgan fingerprint density at radius 2 is 2.35 bits per heavy atom. The molecule has 1 aliphatic rings. The third-order valence-electron chi connectivity index (χ3n) is 3.72. The fourth-order valence-electron chi connectivity index (χ4n) is 2.62. The van der Waals surface area contributed by atoms with Crippen LogP contribution in [0.4, 0.5) is 4.39 Å². The number of likely N-dealkylation sites (tertiary alicyclic amines) is 1. The molecule has 1 saturated heterocycles. The van der Waals surface area contributed by atoms with Crippen LogP contribution in [0.3, 0.4) is 0 Å². The predicted molar refractivity (Wildman–Crippen MR) is 80.0 cm³/mol. The second-order valence-electron chi connectivity index (χ2n) is 5.09. The van der Waals surface area contributed by atoms with Crippen molar-refractivity contribution in [2.24, 2.45) is 5.92 Å². The number of alkyl halides is 1. The number of amides is 1. The first-order valence-electron chi connectivity index (χ1n) is 6.84. The fraction of sp³-hybridized carbons (Fsp3) is 0.533. The molecule has 110 valence electrons. The molecule has 1 amide bonds. The highest BCUT2D eigenvalue weighted by Gasteiger charge is 2.24. The van der Waals surface area contributed by atoms with Gasteiger partial charge < -0.3 is 9.64 Å². The van der Waals surface area contributed by atoms with Crippen molar-refractivity contribution in [1.82, 2.24) is 4.90 Å². The highest BCUT2D eigenvalue weighted by atomic mass is 79.9. The van der Waals surface area contributed by atoms with E-state index in [-0.39, 0.29) is 11.7 Å². The SMILES string of the molecule is COc1ccc(C(=O)N2CCCC(CCBr)C2)cc1F. The number of carbonyl (C=O) groups is 1. The van der Waals surface area contributed by atoms with Crippen LogP contribution >= 0.6 is 15.9 Å². The first-order valence-corrected chi connectivity index (χ1v) is 7.96. The number of nitrogens with zero attached hydrogens (tertiary/aromatic N) is 1. The summed E-state index contributed by atoms with van der Waals surface area (Å²) in [5.41, 5.74) is 0.391. The van der Waals surface area contributed by atoms with Crippen LogP contribution in [-0.4, -0.2) is 36.3 Å². The number of piperidine rings is 1. The standard InChI is InChI=1S/C15H19BrFNO2/c1-20-14-5-4-12(9-13(14)17)15(19)18-8-2-3-11(10-18)6-7-16/h4-5,9,11H,2-3,6-8,10H2,1H3. The summed E-state index contributed by atoms with van der Waals surface area (Å²) in [7, 11) is 1.41. The van der Waals surface area contributed by atoms with Gasteiger partial charge in [-0.05, 0) is 43.4 Å². The number of ether oxygens (including phenoxy) is 1. The lowest BCUT2D eigenvalue weighted by Gasteiger charge is -2.32. The first kappa shape index (κ1) is 15.3. The normalized spacial score (nSPS) is 18.9. The lowest BCUT2D eigenvalue weighted by molar-refractivity contribution is 0.0671. The Balaban J connectivity index is 2.08. The second-order valence-corrected chi connectivity index (χ2v) is 5.88. The van der Waals surface area contributed by atoms with E-state index < -0.39 is 5.82 Å². The van der Waals surface area contributed by atoms with E-state index in [2.05, 4.69) is 15.9 Å². The second kappa shape index (κ2) is 7.07. The van der Waals surface area contributed by atoms with Crippen molar-refractivity contribution in [1.29, 1.82) is 0 Å². The van der Waals surface area contributed by atoms with Crippen molar-refractivity contribution in [2.75, 3.05) is 25.5 Å². The molecule has 1 fully saturated rings. The van der Waals surface area contributed by atoms with E-state index in [9.17, 15) is 9.18 Å². The van der Waals surface area contributed by atoms with Gasteiger partial charge >= 0.3 is 0 Å². The smallest absolute Gasteiger partial charge is 0.253 e. The highest BCUT2D eigenvalue weighted by molar-refractivity contribution is 9.09. The number of rotatable bonds is 4. The van der Waals surface area contributed by atoms with Gasteiger partial charge in [-0.2, -0.15) is 0 Å². The average molecular weight is 344 g/mol. The van der Waals surface area contributed by atoms with E-state index in [1.165, 1.54) is 19.2 Å². The largest absolute Gasteiger partial charge is 0.494 e. The average Bonchev–Trinajstić information content (AvgIpc) is 2.47. The van der Waals surface area contributed by atoms with Crippen LogP contribution in [0.25, 0.3) is 0 Å². The topological polar surface area (TPSA) is 29.5 Å². The molecule has 1 unspecified atom stereocenters. The van der Waals surface area contributed by atoms with Gasteiger partial charge in [-0.15, -0.1) is 0 Å². The molecule has 20 heavy (non-hydrogen) atoms. The lowest BCUT2D eigenvalue weighted by Crippen LogP contribution is -2.40. The molecule has 1 atom stereocenters. The summed E-state index contributed by atoms with van der Waals surface area (Å²) < 4.78 is 18.5. The Morgan fingerprint density at radius 1 is 1.55 bits per heavy atom. The molecule has 0 aromatic heterocycles. The summed E-state index contributed by atoms with van der Waals surface area (Å²) in [5, 5.41) is 0.955. The fourth-order valence-corrected chi connectivity index (χ4v) is 3.27. The molecule has 1 heterocycles. The van der Waals surface area contributed by atoms with Crippen LogP contribution in [0.2, 0.25) is 0 Å². The molecule has 0 saturated carbocycles. The minimum atomic E-state index is -0.493. The highest BCUT2D eigenvalue weighted by Crippen LogP contribution is 2.23. The molecule has 1 aromatic rings. The van der Waals surface area contributed by atoms with Crippen LogP contribution in [-0.2, 0) is 0 Å². The number of hydrogen-bond donors (Lipinski definition) is 0. The Bertz CT molecular complexity index is 479. The molecule has 2 rings (SSSR count). The predicted octanol–water partition coefficient (Wildman–Crippen LogP) is 3.47. The van der Waals surface area contributed by atoms with Gasteiger partial charge in [0.25, 0.3) is 5.91 Å². The number of methoxy groups -OCH3 is 1.